The Balaban J connectivity index is 2.52. The fourth-order valence-electron chi connectivity index (χ4n) is 4.89. The van der Waals surface area contributed by atoms with E-state index in [1.807, 2.05) is 0 Å². The number of hydrogen-bond donors (Lipinski definition) is 0. The average molecular weight is 439 g/mol. The number of hydrogen-bond acceptors (Lipinski definition) is 4. The minimum atomic E-state index is -0.366. The maximum absolute atomic E-state index is 13.0. The van der Waals surface area contributed by atoms with Crippen molar-refractivity contribution in [3.8, 4) is 0 Å². The van der Waals surface area contributed by atoms with Gasteiger partial charge in [-0.3, -0.25) is 9.59 Å². The molecule has 4 atom stereocenters. The predicted molar refractivity (Wildman–Crippen MR) is 128 cm³/mol. The van der Waals surface area contributed by atoms with Gasteiger partial charge in [0.25, 0.3) is 0 Å². The summed E-state index contributed by atoms with van der Waals surface area (Å²) in [6.45, 7) is 9.58. The van der Waals surface area contributed by atoms with Gasteiger partial charge in [-0.25, -0.2) is 0 Å². The molecule has 0 aromatic carbocycles. The fraction of sp³-hybridized carbons (Fsp3) is 0.926. The summed E-state index contributed by atoms with van der Waals surface area (Å²) in [7, 11) is 0. The lowest BCUT2D eigenvalue weighted by Crippen LogP contribution is -2.39. The molecule has 0 bridgehead atoms. The highest BCUT2D eigenvalue weighted by molar-refractivity contribution is 5.82. The van der Waals surface area contributed by atoms with Crippen molar-refractivity contribution in [1.29, 1.82) is 0 Å². The molecule has 0 amide bonds. The minimum absolute atomic E-state index is 0.161. The van der Waals surface area contributed by atoms with Crippen LogP contribution in [-0.2, 0) is 19.1 Å². The van der Waals surface area contributed by atoms with E-state index in [0.29, 0.717) is 13.2 Å². The topological polar surface area (TPSA) is 52.6 Å². The fourth-order valence-corrected chi connectivity index (χ4v) is 4.89. The molecule has 4 nitrogen and oxygen atoms in total. The molecule has 0 aromatic rings. The first-order valence-electron chi connectivity index (χ1n) is 13.4. The first-order chi connectivity index (χ1) is 15.0. The third-order valence-electron chi connectivity index (χ3n) is 6.96. The van der Waals surface area contributed by atoms with Gasteiger partial charge in [0.1, 0.15) is 0 Å². The lowest BCUT2D eigenvalue weighted by Gasteiger charge is -2.29. The Morgan fingerprint density at radius 1 is 0.613 bits per heavy atom. The summed E-state index contributed by atoms with van der Waals surface area (Å²) in [6, 6.07) is 0. The number of carbonyl (C=O) groups excluding carboxylic acids is 2. The SMILES string of the molecule is CCCCCCCCOC(=O)C1C(C)CCCC(C)C1C(=O)OCCCCCCCC. The van der Waals surface area contributed by atoms with Crippen LogP contribution < -0.4 is 0 Å². The lowest BCUT2D eigenvalue weighted by atomic mass is 9.77. The maximum atomic E-state index is 13.0. The molecule has 0 aliphatic heterocycles. The van der Waals surface area contributed by atoms with Gasteiger partial charge in [-0.1, -0.05) is 98.3 Å². The van der Waals surface area contributed by atoms with Crippen LogP contribution in [0, 0.1) is 23.7 Å². The number of carbonyl (C=O) groups is 2. The highest BCUT2D eigenvalue weighted by Crippen LogP contribution is 2.38. The smallest absolute Gasteiger partial charge is 0.310 e. The van der Waals surface area contributed by atoms with Gasteiger partial charge in [0, 0.05) is 0 Å². The molecule has 0 saturated heterocycles. The van der Waals surface area contributed by atoms with Crippen molar-refractivity contribution in [3.63, 3.8) is 0 Å². The Hall–Kier alpha value is -1.06. The van der Waals surface area contributed by atoms with Gasteiger partial charge in [0.05, 0.1) is 25.0 Å². The Kier molecular flexibility index (Phi) is 15.8. The molecule has 182 valence electrons. The Labute approximate surface area is 192 Å². The van der Waals surface area contributed by atoms with E-state index in [9.17, 15) is 9.59 Å². The normalized spacial score (nSPS) is 23.9. The van der Waals surface area contributed by atoms with E-state index in [4.69, 9.17) is 9.47 Å². The molecule has 31 heavy (non-hydrogen) atoms. The van der Waals surface area contributed by atoms with E-state index in [1.165, 1.54) is 51.4 Å². The molecule has 4 heteroatoms. The summed E-state index contributed by atoms with van der Waals surface area (Å²) in [5.41, 5.74) is 0. The van der Waals surface area contributed by atoms with Crippen molar-refractivity contribution in [1.82, 2.24) is 0 Å². The van der Waals surface area contributed by atoms with Crippen LogP contribution >= 0.6 is 0 Å². The van der Waals surface area contributed by atoms with Crippen LogP contribution in [0.3, 0.4) is 0 Å². The lowest BCUT2D eigenvalue weighted by molar-refractivity contribution is -0.165. The molecular weight excluding hydrogens is 388 g/mol. The van der Waals surface area contributed by atoms with E-state index in [0.717, 1.165) is 44.9 Å². The third kappa shape index (κ3) is 11.4. The van der Waals surface area contributed by atoms with Gasteiger partial charge in [0.2, 0.25) is 0 Å². The molecule has 1 fully saturated rings. The van der Waals surface area contributed by atoms with Crippen LogP contribution in [0.5, 0.6) is 0 Å². The molecular formula is C27H50O4. The summed E-state index contributed by atoms with van der Waals surface area (Å²) in [4.78, 5) is 26.0. The predicted octanol–water partition coefficient (Wildman–Crippen LogP) is 7.48. The second-order valence-corrected chi connectivity index (χ2v) is 9.81. The van der Waals surface area contributed by atoms with Crippen molar-refractivity contribution in [2.75, 3.05) is 13.2 Å². The molecule has 0 N–H and O–H groups in total. The standard InChI is InChI=1S/C27H50O4/c1-5-7-9-11-13-15-20-30-26(28)24-22(3)18-17-19-23(4)25(24)27(29)31-21-16-14-12-10-8-6-2/h22-25H,5-21H2,1-4H3. The highest BCUT2D eigenvalue weighted by atomic mass is 16.5. The van der Waals surface area contributed by atoms with Crippen molar-refractivity contribution < 1.29 is 19.1 Å². The van der Waals surface area contributed by atoms with E-state index in [-0.39, 0.29) is 35.6 Å². The van der Waals surface area contributed by atoms with Gasteiger partial charge in [0.15, 0.2) is 0 Å². The summed E-state index contributed by atoms with van der Waals surface area (Å²) in [5.74, 6) is -0.779. The zero-order valence-corrected chi connectivity index (χ0v) is 21.0. The largest absolute Gasteiger partial charge is 0.465 e. The van der Waals surface area contributed by atoms with E-state index in [1.54, 1.807) is 0 Å². The second-order valence-electron chi connectivity index (χ2n) is 9.81. The monoisotopic (exact) mass is 438 g/mol. The maximum Gasteiger partial charge on any atom is 0.310 e. The molecule has 0 aromatic heterocycles. The van der Waals surface area contributed by atoms with Gasteiger partial charge < -0.3 is 9.47 Å². The summed E-state index contributed by atoms with van der Waals surface area (Å²) >= 11 is 0. The number of unbranched alkanes of at least 4 members (excludes halogenated alkanes) is 10. The van der Waals surface area contributed by atoms with Crippen molar-refractivity contribution in [3.05, 3.63) is 0 Å². The first-order valence-corrected chi connectivity index (χ1v) is 13.4. The minimum Gasteiger partial charge on any atom is -0.465 e. The Morgan fingerprint density at radius 2 is 0.968 bits per heavy atom. The zero-order valence-electron chi connectivity index (χ0n) is 21.0. The number of esters is 2. The van der Waals surface area contributed by atoms with E-state index < -0.39 is 0 Å². The molecule has 0 spiro atoms. The summed E-state index contributed by atoms with van der Waals surface area (Å²) in [6.07, 6.45) is 17.0. The van der Waals surface area contributed by atoms with Crippen LogP contribution in [0.4, 0.5) is 0 Å². The molecule has 1 saturated carbocycles. The Bertz CT molecular complexity index is 434. The van der Waals surface area contributed by atoms with Crippen LogP contribution in [0.25, 0.3) is 0 Å². The van der Waals surface area contributed by atoms with Crippen molar-refractivity contribution in [2.24, 2.45) is 23.7 Å². The molecule has 4 unspecified atom stereocenters. The van der Waals surface area contributed by atoms with Crippen molar-refractivity contribution >= 4 is 11.9 Å². The Morgan fingerprint density at radius 3 is 1.35 bits per heavy atom. The van der Waals surface area contributed by atoms with Crippen LogP contribution in [0.15, 0.2) is 0 Å². The van der Waals surface area contributed by atoms with Crippen LogP contribution in [0.1, 0.15) is 124 Å². The van der Waals surface area contributed by atoms with Crippen LogP contribution in [0.2, 0.25) is 0 Å². The van der Waals surface area contributed by atoms with E-state index >= 15 is 0 Å². The third-order valence-corrected chi connectivity index (χ3v) is 6.96. The van der Waals surface area contributed by atoms with Crippen molar-refractivity contribution in [2.45, 2.75) is 124 Å². The first kappa shape index (κ1) is 28.0. The van der Waals surface area contributed by atoms with Gasteiger partial charge in [-0.15, -0.1) is 0 Å². The highest BCUT2D eigenvalue weighted by Gasteiger charge is 2.44. The van der Waals surface area contributed by atoms with E-state index in [2.05, 4.69) is 27.7 Å². The summed E-state index contributed by atoms with van der Waals surface area (Å²) in [5, 5.41) is 0. The van der Waals surface area contributed by atoms with Gasteiger partial charge in [-0.05, 0) is 37.5 Å². The second kappa shape index (κ2) is 17.5. The quantitative estimate of drug-likeness (QED) is 0.142. The molecule has 0 heterocycles. The number of ether oxygens (including phenoxy) is 2. The number of rotatable bonds is 16. The average Bonchev–Trinajstić information content (AvgIpc) is 2.90. The molecule has 1 aliphatic rings. The molecule has 1 rings (SSSR count). The summed E-state index contributed by atoms with van der Waals surface area (Å²) < 4.78 is 11.4. The zero-order chi connectivity index (χ0) is 22.9. The van der Waals surface area contributed by atoms with Gasteiger partial charge >= 0.3 is 11.9 Å². The van der Waals surface area contributed by atoms with Gasteiger partial charge in [-0.2, -0.15) is 0 Å². The molecule has 1 aliphatic carbocycles. The molecule has 0 radical (unpaired) electrons. The van der Waals surface area contributed by atoms with Crippen LogP contribution in [-0.4, -0.2) is 25.2 Å².